The molecule has 4 aromatic rings. The van der Waals surface area contributed by atoms with Crippen LogP contribution < -0.4 is 9.81 Å². The number of benzene rings is 4. The number of halogens is 4. The standard InChI is InChI=1S/C15H13.C12H19.2C6H4Cl.CH2.2ClH.Zr/c1-10-3-5-14-12(7-10)9-13-8-11(2)4-6-15(13)14;1-9(2)10-6-7-11(8-10)12(3,4)5;2*7-6-4-2-1-3-5-6;;;;/h3-7H,9H2,1-2H3;7-10H,1-5H3;2*1-2,4-5H;1H2;2*1H;. The zero-order valence-electron chi connectivity index (χ0n) is 27.3. The van der Waals surface area contributed by atoms with Crippen LogP contribution in [0.15, 0.2) is 99.9 Å². The molecule has 2 aliphatic carbocycles. The fourth-order valence-electron chi connectivity index (χ4n) is 8.03. The van der Waals surface area contributed by atoms with Crippen molar-refractivity contribution in [2.75, 3.05) is 0 Å². The Hall–Kier alpha value is -1.73. The Kier molecular flexibility index (Phi) is 10.2. The minimum atomic E-state index is -5.11. The zero-order valence-corrected chi connectivity index (χ0v) is 32.9. The van der Waals surface area contributed by atoms with Crippen molar-refractivity contribution in [2.24, 2.45) is 17.3 Å². The van der Waals surface area contributed by atoms with Crippen LogP contribution >= 0.6 is 48.0 Å². The van der Waals surface area contributed by atoms with E-state index in [2.05, 4.69) is 127 Å². The molecule has 0 N–H and O–H groups in total. The second kappa shape index (κ2) is 12.7. The van der Waals surface area contributed by atoms with Crippen molar-refractivity contribution in [3.63, 3.8) is 0 Å². The van der Waals surface area contributed by atoms with Gasteiger partial charge in [-0.05, 0) is 0 Å². The van der Waals surface area contributed by atoms with E-state index in [4.69, 9.17) is 27.4 Å². The topological polar surface area (TPSA) is 0 Å². The van der Waals surface area contributed by atoms with E-state index in [1.54, 1.807) is 0 Å². The average molecular weight is 758 g/mol. The molecule has 236 valence electrons. The molecule has 2 aliphatic rings. The number of hydrogen-bond donors (Lipinski definition) is 0. The maximum absolute atomic E-state index is 6.92. The summed E-state index contributed by atoms with van der Waals surface area (Å²) in [5.74, 6) is 0.646. The molecule has 4 aromatic carbocycles. The van der Waals surface area contributed by atoms with Gasteiger partial charge in [0.2, 0.25) is 0 Å². The van der Waals surface area contributed by atoms with Crippen molar-refractivity contribution < 1.29 is 18.3 Å². The van der Waals surface area contributed by atoms with Gasteiger partial charge in [-0.3, -0.25) is 0 Å². The number of rotatable bonds is 5. The van der Waals surface area contributed by atoms with E-state index in [-0.39, 0.29) is 36.1 Å². The SMILES string of the molecule is Cl.Cl.[CH2]=[Zr]([C]1=CC(C(C)(C)C)=CC1C(C)C)([c]1cccc(Cl)c1)([c]1cccc(Cl)c1)[c]1c(C)ccc2c1Cc1cc(C)ccc1-2. The van der Waals surface area contributed by atoms with E-state index in [1.807, 2.05) is 12.1 Å². The Morgan fingerprint density at radius 1 is 0.800 bits per heavy atom. The van der Waals surface area contributed by atoms with Crippen LogP contribution in [0.25, 0.3) is 11.1 Å². The first-order valence-electron chi connectivity index (χ1n) is 15.5. The third kappa shape index (κ3) is 5.64. The molecular formula is C40H44Cl4Zr. The minimum absolute atomic E-state index is 0. The normalized spacial score (nSPS) is 15.9. The molecule has 0 aromatic heterocycles. The summed E-state index contributed by atoms with van der Waals surface area (Å²) in [5.41, 5.74) is 9.50. The van der Waals surface area contributed by atoms with Gasteiger partial charge in [0.05, 0.1) is 0 Å². The summed E-state index contributed by atoms with van der Waals surface area (Å²) in [4.78, 5) is 0. The van der Waals surface area contributed by atoms with Crippen molar-refractivity contribution in [1.29, 1.82) is 0 Å². The summed E-state index contributed by atoms with van der Waals surface area (Å²) < 4.78 is 11.2. The maximum atomic E-state index is 6.92. The molecule has 45 heavy (non-hydrogen) atoms. The van der Waals surface area contributed by atoms with Gasteiger partial charge >= 0.3 is 271 Å². The zero-order chi connectivity index (χ0) is 30.9. The first-order valence-corrected chi connectivity index (χ1v) is 22.9. The van der Waals surface area contributed by atoms with Crippen LogP contribution in [0.5, 0.6) is 0 Å². The molecule has 0 saturated carbocycles. The predicted octanol–water partition coefficient (Wildman–Crippen LogP) is 10.6. The van der Waals surface area contributed by atoms with Gasteiger partial charge in [-0.1, -0.05) is 0 Å². The third-order valence-corrected chi connectivity index (χ3v) is 27.2. The van der Waals surface area contributed by atoms with Crippen LogP contribution in [0.1, 0.15) is 56.9 Å². The summed E-state index contributed by atoms with van der Waals surface area (Å²) in [7, 11) is 0. The first-order chi connectivity index (χ1) is 20.2. The third-order valence-electron chi connectivity index (χ3n) is 10.2. The monoisotopic (exact) mass is 754 g/mol. The van der Waals surface area contributed by atoms with Crippen molar-refractivity contribution in [3.8, 4) is 11.1 Å². The second-order valence-electron chi connectivity index (χ2n) is 14.3. The van der Waals surface area contributed by atoms with E-state index < -0.39 is 18.3 Å². The molecular weight excluding hydrogens is 713 g/mol. The van der Waals surface area contributed by atoms with Crippen LogP contribution in [0.3, 0.4) is 0 Å². The molecule has 0 aliphatic heterocycles. The van der Waals surface area contributed by atoms with Crippen molar-refractivity contribution in [2.45, 2.75) is 54.9 Å². The fourth-order valence-corrected chi connectivity index (χ4v) is 26.6. The van der Waals surface area contributed by atoms with Gasteiger partial charge in [0, 0.05) is 0 Å². The Morgan fingerprint density at radius 2 is 1.38 bits per heavy atom. The number of allylic oxidation sites excluding steroid dienone is 4. The number of aryl methyl sites for hydroxylation is 2. The van der Waals surface area contributed by atoms with E-state index in [9.17, 15) is 0 Å². The molecule has 0 radical (unpaired) electrons. The molecule has 6 rings (SSSR count). The van der Waals surface area contributed by atoms with Crippen molar-refractivity contribution >= 4 is 62.0 Å². The molecule has 0 spiro atoms. The molecule has 0 nitrogen and oxygen atoms in total. The summed E-state index contributed by atoms with van der Waals surface area (Å²) in [6, 6.07) is 28.9. The summed E-state index contributed by atoms with van der Waals surface area (Å²) in [6.07, 6.45) is 6.00. The van der Waals surface area contributed by atoms with E-state index in [0.717, 1.165) is 16.5 Å². The summed E-state index contributed by atoms with van der Waals surface area (Å²) in [5, 5.41) is 1.49. The van der Waals surface area contributed by atoms with Gasteiger partial charge in [-0.2, -0.15) is 0 Å². The molecule has 5 heteroatoms. The van der Waals surface area contributed by atoms with E-state index >= 15 is 0 Å². The van der Waals surface area contributed by atoms with E-state index in [1.165, 1.54) is 52.0 Å². The van der Waals surface area contributed by atoms with Gasteiger partial charge < -0.3 is 0 Å². The van der Waals surface area contributed by atoms with Gasteiger partial charge in [0.15, 0.2) is 0 Å². The Morgan fingerprint density at radius 3 is 1.91 bits per heavy atom. The van der Waals surface area contributed by atoms with Crippen molar-refractivity contribution in [3.05, 3.63) is 132 Å². The summed E-state index contributed by atoms with van der Waals surface area (Å²) >= 11 is 8.73. The quantitative estimate of drug-likeness (QED) is 0.168. The first kappa shape index (κ1) is 36.1. The molecule has 1 atom stereocenters. The molecule has 0 fully saturated rings. The number of hydrogen-bond acceptors (Lipinski definition) is 0. The van der Waals surface area contributed by atoms with Crippen LogP contribution in [0, 0.1) is 31.1 Å². The van der Waals surface area contributed by atoms with Gasteiger partial charge in [-0.25, -0.2) is 0 Å². The molecule has 0 bridgehead atoms. The van der Waals surface area contributed by atoms with Crippen LogP contribution in [-0.2, 0) is 24.7 Å². The molecule has 0 heterocycles. The Balaban J connectivity index is 0.00000230. The van der Waals surface area contributed by atoms with Gasteiger partial charge in [-0.15, -0.1) is 24.8 Å². The average Bonchev–Trinajstić information content (AvgIpc) is 3.55. The van der Waals surface area contributed by atoms with Crippen LogP contribution in [-0.4, -0.2) is 4.21 Å². The second-order valence-corrected chi connectivity index (χ2v) is 27.9. The predicted molar refractivity (Wildman–Crippen MR) is 202 cm³/mol. The fraction of sp³-hybridized carbons (Fsp3) is 0.275. The summed E-state index contributed by atoms with van der Waals surface area (Å²) in [6.45, 7) is 16.2. The molecule has 1 unspecified atom stereocenters. The van der Waals surface area contributed by atoms with E-state index in [0.29, 0.717) is 5.92 Å². The van der Waals surface area contributed by atoms with Crippen molar-refractivity contribution in [1.82, 2.24) is 0 Å². The number of fused-ring (bicyclic) bond motifs is 3. The van der Waals surface area contributed by atoms with Gasteiger partial charge in [0.25, 0.3) is 0 Å². The molecule has 0 amide bonds. The van der Waals surface area contributed by atoms with Crippen LogP contribution in [0.2, 0.25) is 10.0 Å². The van der Waals surface area contributed by atoms with Crippen LogP contribution in [0.4, 0.5) is 0 Å². The van der Waals surface area contributed by atoms with Gasteiger partial charge in [0.1, 0.15) is 0 Å². The Bertz CT molecular complexity index is 1870. The molecule has 0 saturated heterocycles. The Labute approximate surface area is 293 Å².